The van der Waals surface area contributed by atoms with Gasteiger partial charge in [0.25, 0.3) is 0 Å². The van der Waals surface area contributed by atoms with E-state index in [0.29, 0.717) is 5.92 Å². The highest BCUT2D eigenvalue weighted by atomic mass is 35.5. The van der Waals surface area contributed by atoms with Crippen LogP contribution in [0.5, 0.6) is 0 Å². The van der Waals surface area contributed by atoms with E-state index in [2.05, 4.69) is 38.1 Å². The van der Waals surface area contributed by atoms with Gasteiger partial charge in [-0.15, -0.1) is 0 Å². The second-order valence-electron chi connectivity index (χ2n) is 6.47. The quantitative estimate of drug-likeness (QED) is 0.863. The number of hydrogen-bond acceptors (Lipinski definition) is 2. The molecule has 0 aromatic carbocycles. The number of hydrogen-bond donors (Lipinski definition) is 1. The maximum atomic E-state index is 6.33. The number of aryl methyl sites for hydroxylation is 2. The topological polar surface area (TPSA) is 29.9 Å². The molecule has 0 aliphatic carbocycles. The summed E-state index contributed by atoms with van der Waals surface area (Å²) in [6.45, 7) is 11.9. The summed E-state index contributed by atoms with van der Waals surface area (Å²) in [5, 5.41) is 8.79. The molecular weight excluding hydrogens is 258 g/mol. The van der Waals surface area contributed by atoms with Crippen LogP contribution in [0.2, 0.25) is 5.15 Å². The summed E-state index contributed by atoms with van der Waals surface area (Å²) >= 11 is 6.33. The summed E-state index contributed by atoms with van der Waals surface area (Å²) < 4.78 is 1.77. The number of rotatable bonds is 6. The molecule has 3 nitrogen and oxygen atoms in total. The lowest BCUT2D eigenvalue weighted by molar-refractivity contribution is 0.354. The Morgan fingerprint density at radius 3 is 2.42 bits per heavy atom. The van der Waals surface area contributed by atoms with Crippen LogP contribution >= 0.6 is 11.6 Å². The summed E-state index contributed by atoms with van der Waals surface area (Å²) in [6.07, 6.45) is 3.43. The molecule has 4 heteroatoms. The van der Waals surface area contributed by atoms with Gasteiger partial charge in [0.2, 0.25) is 0 Å². The van der Waals surface area contributed by atoms with Crippen LogP contribution in [0.4, 0.5) is 0 Å². The third kappa shape index (κ3) is 5.15. The monoisotopic (exact) mass is 285 g/mol. The molecule has 0 radical (unpaired) electrons. The maximum absolute atomic E-state index is 6.33. The molecule has 1 atom stereocenters. The summed E-state index contributed by atoms with van der Waals surface area (Å²) in [5.41, 5.74) is 2.43. The van der Waals surface area contributed by atoms with E-state index < -0.39 is 0 Å². The second kappa shape index (κ2) is 6.76. The average molecular weight is 286 g/mol. The molecule has 0 spiro atoms. The Bertz CT molecular complexity index is 404. The zero-order valence-corrected chi connectivity index (χ0v) is 13.9. The summed E-state index contributed by atoms with van der Waals surface area (Å²) in [5.74, 6) is 0.615. The molecule has 1 aromatic rings. The van der Waals surface area contributed by atoms with E-state index in [1.807, 2.05) is 14.0 Å². The molecule has 110 valence electrons. The number of halogens is 1. The predicted octanol–water partition coefficient (Wildman–Crippen LogP) is 3.73. The van der Waals surface area contributed by atoms with Gasteiger partial charge in [-0.05, 0) is 53.0 Å². The van der Waals surface area contributed by atoms with Crippen molar-refractivity contribution in [3.8, 4) is 0 Å². The summed E-state index contributed by atoms with van der Waals surface area (Å²) in [6, 6.07) is 0. The Morgan fingerprint density at radius 2 is 2.00 bits per heavy atom. The summed E-state index contributed by atoms with van der Waals surface area (Å²) in [4.78, 5) is 0. The van der Waals surface area contributed by atoms with Crippen LogP contribution in [0.25, 0.3) is 0 Å². The van der Waals surface area contributed by atoms with Crippen molar-refractivity contribution < 1.29 is 0 Å². The van der Waals surface area contributed by atoms with Crippen molar-refractivity contribution in [2.45, 2.75) is 59.4 Å². The molecule has 0 saturated heterocycles. The Balaban J connectivity index is 2.72. The van der Waals surface area contributed by atoms with Gasteiger partial charge in [-0.1, -0.05) is 24.9 Å². The first-order valence-corrected chi connectivity index (χ1v) is 7.55. The van der Waals surface area contributed by atoms with Crippen LogP contribution in [0.15, 0.2) is 0 Å². The fourth-order valence-electron chi connectivity index (χ4n) is 2.33. The summed E-state index contributed by atoms with van der Waals surface area (Å²) in [7, 11) is 1.90. The molecule has 1 rings (SSSR count). The molecule has 1 unspecified atom stereocenters. The van der Waals surface area contributed by atoms with Gasteiger partial charge in [-0.25, -0.2) is 0 Å². The molecule has 0 saturated carbocycles. The first kappa shape index (κ1) is 16.5. The van der Waals surface area contributed by atoms with Gasteiger partial charge in [0.15, 0.2) is 0 Å². The van der Waals surface area contributed by atoms with Gasteiger partial charge in [0, 0.05) is 18.2 Å². The van der Waals surface area contributed by atoms with Crippen molar-refractivity contribution >= 4 is 11.6 Å². The molecule has 1 N–H and O–H groups in total. The zero-order valence-electron chi connectivity index (χ0n) is 13.2. The third-order valence-electron chi connectivity index (χ3n) is 3.38. The van der Waals surface area contributed by atoms with Gasteiger partial charge in [-0.2, -0.15) is 5.10 Å². The van der Waals surface area contributed by atoms with Crippen LogP contribution in [0, 0.1) is 12.8 Å². The third-order valence-corrected chi connectivity index (χ3v) is 3.85. The fourth-order valence-corrected chi connectivity index (χ4v) is 2.58. The van der Waals surface area contributed by atoms with E-state index in [4.69, 9.17) is 11.6 Å². The zero-order chi connectivity index (χ0) is 14.6. The van der Waals surface area contributed by atoms with Crippen LogP contribution in [0.3, 0.4) is 0 Å². The average Bonchev–Trinajstić information content (AvgIpc) is 2.52. The van der Waals surface area contributed by atoms with Gasteiger partial charge >= 0.3 is 0 Å². The number of nitrogens with one attached hydrogen (secondary N) is 1. The first-order valence-electron chi connectivity index (χ1n) is 7.17. The Hall–Kier alpha value is -0.540. The SMILES string of the molecule is CCCC(CNC(C)(C)C)Cc1c(C)nn(C)c1Cl. The first-order chi connectivity index (χ1) is 8.74. The minimum Gasteiger partial charge on any atom is -0.312 e. The van der Waals surface area contributed by atoms with Crippen LogP contribution in [-0.2, 0) is 13.5 Å². The normalized spacial score (nSPS) is 13.8. The van der Waals surface area contributed by atoms with E-state index in [1.54, 1.807) is 4.68 Å². The molecule has 0 bridgehead atoms. The van der Waals surface area contributed by atoms with Crippen LogP contribution in [-0.4, -0.2) is 21.9 Å². The highest BCUT2D eigenvalue weighted by Gasteiger charge is 2.18. The lowest BCUT2D eigenvalue weighted by Gasteiger charge is -2.25. The van der Waals surface area contributed by atoms with E-state index in [1.165, 1.54) is 18.4 Å². The molecule has 1 heterocycles. The Kier molecular flexibility index (Phi) is 5.87. The minimum atomic E-state index is 0.166. The van der Waals surface area contributed by atoms with Crippen molar-refractivity contribution in [3.63, 3.8) is 0 Å². The second-order valence-corrected chi connectivity index (χ2v) is 6.83. The van der Waals surface area contributed by atoms with E-state index in [9.17, 15) is 0 Å². The lowest BCUT2D eigenvalue weighted by Crippen LogP contribution is -2.39. The van der Waals surface area contributed by atoms with Crippen LogP contribution < -0.4 is 5.32 Å². The van der Waals surface area contributed by atoms with Crippen LogP contribution in [0.1, 0.15) is 51.8 Å². The predicted molar refractivity (Wildman–Crippen MR) is 82.8 cm³/mol. The number of nitrogens with zero attached hydrogens (tertiary/aromatic N) is 2. The standard InChI is InChI=1S/C15H28ClN3/c1-7-8-12(10-17-15(3,4)5)9-13-11(2)18-19(6)14(13)16/h12,17H,7-10H2,1-6H3. The van der Waals surface area contributed by atoms with Gasteiger partial charge in [0.1, 0.15) is 5.15 Å². The highest BCUT2D eigenvalue weighted by molar-refractivity contribution is 6.30. The molecule has 0 amide bonds. The van der Waals surface area contributed by atoms with Gasteiger partial charge in [0.05, 0.1) is 5.69 Å². The molecule has 1 aromatic heterocycles. The van der Waals surface area contributed by atoms with E-state index in [0.717, 1.165) is 23.8 Å². The lowest BCUT2D eigenvalue weighted by atomic mass is 9.94. The van der Waals surface area contributed by atoms with Crippen molar-refractivity contribution in [2.24, 2.45) is 13.0 Å². The molecular formula is C15H28ClN3. The fraction of sp³-hybridized carbons (Fsp3) is 0.800. The molecule has 0 fully saturated rings. The highest BCUT2D eigenvalue weighted by Crippen LogP contribution is 2.24. The molecule has 0 aliphatic heterocycles. The molecule has 19 heavy (non-hydrogen) atoms. The Morgan fingerprint density at radius 1 is 1.37 bits per heavy atom. The van der Waals surface area contributed by atoms with Crippen molar-refractivity contribution in [1.82, 2.24) is 15.1 Å². The maximum Gasteiger partial charge on any atom is 0.130 e. The van der Waals surface area contributed by atoms with Crippen molar-refractivity contribution in [3.05, 3.63) is 16.4 Å². The minimum absolute atomic E-state index is 0.166. The van der Waals surface area contributed by atoms with Gasteiger partial charge in [-0.3, -0.25) is 4.68 Å². The van der Waals surface area contributed by atoms with Crippen molar-refractivity contribution in [2.75, 3.05) is 6.54 Å². The number of aromatic nitrogens is 2. The largest absolute Gasteiger partial charge is 0.312 e. The smallest absolute Gasteiger partial charge is 0.130 e. The van der Waals surface area contributed by atoms with E-state index in [-0.39, 0.29) is 5.54 Å². The van der Waals surface area contributed by atoms with Gasteiger partial charge < -0.3 is 5.32 Å². The van der Waals surface area contributed by atoms with Crippen molar-refractivity contribution in [1.29, 1.82) is 0 Å². The Labute approximate surface area is 122 Å². The molecule has 0 aliphatic rings. The van der Waals surface area contributed by atoms with E-state index >= 15 is 0 Å².